The van der Waals surface area contributed by atoms with Crippen molar-refractivity contribution < 1.29 is 24.1 Å². The summed E-state index contributed by atoms with van der Waals surface area (Å²) < 4.78 is 23.3. The summed E-state index contributed by atoms with van der Waals surface area (Å²) in [5.74, 6) is -0.728. The summed E-state index contributed by atoms with van der Waals surface area (Å²) >= 11 is 3.43. The van der Waals surface area contributed by atoms with Gasteiger partial charge in [-0.25, -0.2) is 0 Å². The van der Waals surface area contributed by atoms with Crippen molar-refractivity contribution in [3.05, 3.63) is 35.9 Å². The minimum absolute atomic E-state index is 0.226. The predicted octanol–water partition coefficient (Wildman–Crippen LogP) is 2.20. The molecule has 0 unspecified atom stereocenters. The van der Waals surface area contributed by atoms with Gasteiger partial charge in [0, 0.05) is 5.33 Å². The van der Waals surface area contributed by atoms with E-state index >= 15 is 0 Å². The zero-order valence-corrected chi connectivity index (χ0v) is 14.2. The van der Waals surface area contributed by atoms with E-state index in [2.05, 4.69) is 15.9 Å². The highest BCUT2D eigenvalue weighted by atomic mass is 79.9. The van der Waals surface area contributed by atoms with Gasteiger partial charge >= 0.3 is 0 Å². The third-order valence-electron chi connectivity index (χ3n) is 3.86. The number of halogens is 1. The minimum atomic E-state index is -0.884. The highest BCUT2D eigenvalue weighted by molar-refractivity contribution is 9.09. The first-order chi connectivity index (χ1) is 10.5. The van der Waals surface area contributed by atoms with Gasteiger partial charge in [-0.2, -0.15) is 0 Å². The molecule has 1 aromatic rings. The number of hydrogen-bond donors (Lipinski definition) is 1. The van der Waals surface area contributed by atoms with Crippen molar-refractivity contribution in [3.8, 4) is 0 Å². The zero-order valence-electron chi connectivity index (χ0n) is 12.6. The molecule has 2 fully saturated rings. The molecule has 0 amide bonds. The molecule has 0 aromatic heterocycles. The first-order valence-electron chi connectivity index (χ1n) is 7.41. The molecular weight excluding hydrogens is 352 g/mol. The SMILES string of the molecule is CC1(C)O[C@@H]2[C@@H](O)[C@H](OCc3ccccc3)O[C@H](CBr)[C@@H]2O1. The largest absolute Gasteiger partial charge is 0.385 e. The lowest BCUT2D eigenvalue weighted by molar-refractivity contribution is -0.276. The van der Waals surface area contributed by atoms with Gasteiger partial charge in [-0.1, -0.05) is 46.3 Å². The van der Waals surface area contributed by atoms with E-state index in [-0.39, 0.29) is 12.2 Å². The van der Waals surface area contributed by atoms with E-state index in [0.29, 0.717) is 11.9 Å². The summed E-state index contributed by atoms with van der Waals surface area (Å²) in [5.41, 5.74) is 1.03. The number of fused-ring (bicyclic) bond motifs is 1. The number of alkyl halides is 1. The molecule has 2 aliphatic heterocycles. The Morgan fingerprint density at radius 3 is 2.55 bits per heavy atom. The Labute approximate surface area is 138 Å². The van der Waals surface area contributed by atoms with Crippen LogP contribution < -0.4 is 0 Å². The van der Waals surface area contributed by atoms with Crippen LogP contribution in [0.1, 0.15) is 19.4 Å². The minimum Gasteiger partial charge on any atom is -0.385 e. The Hall–Kier alpha value is -0.500. The number of aliphatic hydroxyl groups excluding tert-OH is 1. The molecule has 0 spiro atoms. The third kappa shape index (κ3) is 3.37. The standard InChI is InChI=1S/C16H21BrO5/c1-16(2)21-13-11(8-17)20-15(12(18)14(13)22-16)19-9-10-6-4-3-5-7-10/h3-7,11-15,18H,8-9H2,1-2H3/t11-,12-,13+,14-,15-/m1/s1. The summed E-state index contributed by atoms with van der Waals surface area (Å²) in [5, 5.41) is 11.1. The quantitative estimate of drug-likeness (QED) is 0.821. The van der Waals surface area contributed by atoms with E-state index in [1.165, 1.54) is 0 Å². The number of hydrogen-bond acceptors (Lipinski definition) is 5. The first kappa shape index (κ1) is 16.4. The lowest BCUT2D eigenvalue weighted by Crippen LogP contribution is -2.57. The maximum atomic E-state index is 10.5. The van der Waals surface area contributed by atoms with Crippen molar-refractivity contribution >= 4 is 15.9 Å². The maximum Gasteiger partial charge on any atom is 0.186 e. The Morgan fingerprint density at radius 1 is 1.18 bits per heavy atom. The van der Waals surface area contributed by atoms with E-state index in [4.69, 9.17) is 18.9 Å². The molecule has 5 nitrogen and oxygen atoms in total. The summed E-state index contributed by atoms with van der Waals surface area (Å²) in [6.07, 6.45) is -2.60. The van der Waals surface area contributed by atoms with Crippen molar-refractivity contribution in [2.24, 2.45) is 0 Å². The average Bonchev–Trinajstić information content (AvgIpc) is 2.84. The van der Waals surface area contributed by atoms with Crippen molar-refractivity contribution in [1.29, 1.82) is 0 Å². The molecule has 5 atom stereocenters. The number of benzene rings is 1. The highest BCUT2D eigenvalue weighted by Gasteiger charge is 2.54. The predicted molar refractivity (Wildman–Crippen MR) is 83.5 cm³/mol. The van der Waals surface area contributed by atoms with Gasteiger partial charge in [-0.05, 0) is 19.4 Å². The summed E-state index contributed by atoms with van der Waals surface area (Å²) in [7, 11) is 0. The lowest BCUT2D eigenvalue weighted by atomic mass is 10.00. The van der Waals surface area contributed by atoms with Crippen molar-refractivity contribution in [2.45, 2.75) is 56.9 Å². The van der Waals surface area contributed by atoms with E-state index < -0.39 is 24.3 Å². The number of rotatable bonds is 4. The topological polar surface area (TPSA) is 57.2 Å². The molecule has 1 N–H and O–H groups in total. The molecule has 0 aliphatic carbocycles. The van der Waals surface area contributed by atoms with E-state index in [9.17, 15) is 5.11 Å². The van der Waals surface area contributed by atoms with Crippen molar-refractivity contribution in [1.82, 2.24) is 0 Å². The monoisotopic (exact) mass is 372 g/mol. The number of ether oxygens (including phenoxy) is 4. The van der Waals surface area contributed by atoms with Gasteiger partial charge in [0.05, 0.1) is 12.7 Å². The average molecular weight is 373 g/mol. The lowest BCUT2D eigenvalue weighted by Gasteiger charge is -2.39. The van der Waals surface area contributed by atoms with Crippen LogP contribution in [0.3, 0.4) is 0 Å². The van der Waals surface area contributed by atoms with Gasteiger partial charge in [-0.15, -0.1) is 0 Å². The van der Waals surface area contributed by atoms with Gasteiger partial charge in [0.1, 0.15) is 18.3 Å². The van der Waals surface area contributed by atoms with Crippen LogP contribution in [-0.4, -0.2) is 46.9 Å². The second-order valence-electron chi connectivity index (χ2n) is 6.05. The molecule has 1 aromatic carbocycles. The van der Waals surface area contributed by atoms with Crippen LogP contribution in [0.25, 0.3) is 0 Å². The molecule has 22 heavy (non-hydrogen) atoms. The van der Waals surface area contributed by atoms with E-state index in [1.807, 2.05) is 44.2 Å². The summed E-state index contributed by atoms with van der Waals surface area (Å²) in [6.45, 7) is 4.05. The third-order valence-corrected chi connectivity index (χ3v) is 4.50. The Balaban J connectivity index is 1.68. The van der Waals surface area contributed by atoms with Crippen LogP contribution in [-0.2, 0) is 25.6 Å². The van der Waals surface area contributed by atoms with Gasteiger partial charge in [0.2, 0.25) is 0 Å². The molecular formula is C16H21BrO5. The van der Waals surface area contributed by atoms with Crippen LogP contribution >= 0.6 is 15.9 Å². The molecule has 2 heterocycles. The van der Waals surface area contributed by atoms with Crippen LogP contribution in [0.15, 0.2) is 30.3 Å². The molecule has 0 saturated carbocycles. The van der Waals surface area contributed by atoms with Crippen molar-refractivity contribution in [3.63, 3.8) is 0 Å². The second kappa shape index (κ2) is 6.55. The van der Waals surface area contributed by atoms with Crippen LogP contribution in [0, 0.1) is 0 Å². The summed E-state index contributed by atoms with van der Waals surface area (Å²) in [6, 6.07) is 9.79. The molecule has 3 rings (SSSR count). The fourth-order valence-electron chi connectivity index (χ4n) is 2.87. The Bertz CT molecular complexity index is 495. The molecule has 0 bridgehead atoms. The molecule has 2 aliphatic rings. The maximum absolute atomic E-state index is 10.5. The van der Waals surface area contributed by atoms with Gasteiger partial charge in [0.25, 0.3) is 0 Å². The molecule has 122 valence electrons. The summed E-state index contributed by atoms with van der Waals surface area (Å²) in [4.78, 5) is 0. The Morgan fingerprint density at radius 2 is 1.86 bits per heavy atom. The Kier molecular flexibility index (Phi) is 4.87. The van der Waals surface area contributed by atoms with Crippen LogP contribution in [0.2, 0.25) is 0 Å². The first-order valence-corrected chi connectivity index (χ1v) is 8.53. The fourth-order valence-corrected chi connectivity index (χ4v) is 3.39. The van der Waals surface area contributed by atoms with Gasteiger partial charge in [-0.3, -0.25) is 0 Å². The van der Waals surface area contributed by atoms with Crippen molar-refractivity contribution in [2.75, 3.05) is 5.33 Å². The molecule has 2 saturated heterocycles. The smallest absolute Gasteiger partial charge is 0.186 e. The van der Waals surface area contributed by atoms with Crippen LogP contribution in [0.5, 0.6) is 0 Å². The van der Waals surface area contributed by atoms with E-state index in [1.54, 1.807) is 0 Å². The van der Waals surface area contributed by atoms with E-state index in [0.717, 1.165) is 5.56 Å². The van der Waals surface area contributed by atoms with Gasteiger partial charge in [0.15, 0.2) is 12.1 Å². The second-order valence-corrected chi connectivity index (χ2v) is 6.70. The zero-order chi connectivity index (χ0) is 15.7. The molecule has 6 heteroatoms. The normalized spacial score (nSPS) is 37.0. The molecule has 0 radical (unpaired) electrons. The fraction of sp³-hybridized carbons (Fsp3) is 0.625. The van der Waals surface area contributed by atoms with Gasteiger partial charge < -0.3 is 24.1 Å². The highest BCUT2D eigenvalue weighted by Crippen LogP contribution is 2.38. The number of aliphatic hydroxyl groups is 1. The van der Waals surface area contributed by atoms with Crippen LogP contribution in [0.4, 0.5) is 0 Å².